The normalized spacial score (nSPS) is 15.4. The number of aliphatic hydroxyl groups excluding tert-OH is 1. The van der Waals surface area contributed by atoms with E-state index < -0.39 is 5.60 Å². The second-order valence-corrected chi connectivity index (χ2v) is 3.30. The Hall–Kier alpha value is -1.07. The van der Waals surface area contributed by atoms with E-state index in [9.17, 15) is 5.11 Å². The van der Waals surface area contributed by atoms with Gasteiger partial charge in [0.25, 0.3) is 6.01 Å². The van der Waals surface area contributed by atoms with E-state index in [1.165, 1.54) is 13.2 Å². The number of hydrogen-bond donors (Lipinski definition) is 3. The highest BCUT2D eigenvalue weighted by Gasteiger charge is 2.19. The van der Waals surface area contributed by atoms with Crippen molar-refractivity contribution in [1.29, 1.82) is 0 Å². The average Bonchev–Trinajstić information content (AvgIpc) is 2.48. The number of oxazole rings is 1. The lowest BCUT2D eigenvalue weighted by molar-refractivity contribution is 0.0128. The van der Waals surface area contributed by atoms with Gasteiger partial charge in [0.2, 0.25) is 0 Å². The highest BCUT2D eigenvalue weighted by atomic mass is 16.4. The van der Waals surface area contributed by atoms with Gasteiger partial charge in [-0.15, -0.1) is 0 Å². The summed E-state index contributed by atoms with van der Waals surface area (Å²) in [7, 11) is 0. The van der Waals surface area contributed by atoms with Crippen molar-refractivity contribution in [2.75, 3.05) is 18.5 Å². The molecule has 0 aliphatic heterocycles. The van der Waals surface area contributed by atoms with Crippen LogP contribution in [0.15, 0.2) is 10.7 Å². The molecule has 1 atom stereocenters. The maximum atomic E-state index is 9.41. The van der Waals surface area contributed by atoms with Crippen LogP contribution in [0.1, 0.15) is 12.6 Å². The van der Waals surface area contributed by atoms with Gasteiger partial charge in [0.1, 0.15) is 11.9 Å². The number of anilines is 1. The van der Waals surface area contributed by atoms with E-state index in [0.717, 1.165) is 5.69 Å². The first-order valence-electron chi connectivity index (χ1n) is 4.03. The number of aromatic nitrogens is 1. The molecule has 0 spiro atoms. The Bertz CT molecular complexity index is 270. The smallest absolute Gasteiger partial charge is 0.294 e. The zero-order chi connectivity index (χ0) is 9.90. The summed E-state index contributed by atoms with van der Waals surface area (Å²) in [6.45, 7) is 3.22. The molecule has 5 heteroatoms. The Morgan fingerprint density at radius 3 is 2.85 bits per heavy atom. The van der Waals surface area contributed by atoms with Gasteiger partial charge in [0.05, 0.1) is 12.3 Å². The van der Waals surface area contributed by atoms with Crippen LogP contribution in [-0.4, -0.2) is 33.9 Å². The van der Waals surface area contributed by atoms with Crippen molar-refractivity contribution in [3.8, 4) is 0 Å². The predicted octanol–water partition coefficient (Wildman–Crippen LogP) is 0.138. The van der Waals surface area contributed by atoms with Crippen molar-refractivity contribution in [3.05, 3.63) is 12.0 Å². The monoisotopic (exact) mass is 186 g/mol. The van der Waals surface area contributed by atoms with E-state index in [1.54, 1.807) is 6.92 Å². The number of rotatable bonds is 4. The van der Waals surface area contributed by atoms with E-state index in [-0.39, 0.29) is 13.2 Å². The first-order valence-corrected chi connectivity index (χ1v) is 4.03. The minimum Gasteiger partial charge on any atom is -0.432 e. The molecule has 1 rings (SSSR count). The topological polar surface area (TPSA) is 78.5 Å². The summed E-state index contributed by atoms with van der Waals surface area (Å²) in [5, 5.41) is 20.9. The van der Waals surface area contributed by atoms with E-state index in [4.69, 9.17) is 9.52 Å². The number of nitrogens with one attached hydrogen (secondary N) is 1. The van der Waals surface area contributed by atoms with Gasteiger partial charge in [-0.25, -0.2) is 0 Å². The number of hydrogen-bond acceptors (Lipinski definition) is 5. The minimum absolute atomic E-state index is 0.198. The Labute approximate surface area is 76.4 Å². The molecule has 0 aliphatic rings. The molecule has 74 valence electrons. The molecule has 0 saturated heterocycles. The molecule has 1 aromatic heterocycles. The van der Waals surface area contributed by atoms with Gasteiger partial charge < -0.3 is 19.9 Å². The SMILES string of the molecule is Cc1coc(NCC(C)(O)CO)n1. The van der Waals surface area contributed by atoms with Crippen molar-refractivity contribution >= 4 is 6.01 Å². The van der Waals surface area contributed by atoms with Crippen LogP contribution in [0, 0.1) is 6.92 Å². The lowest BCUT2D eigenvalue weighted by atomic mass is 10.1. The fraction of sp³-hybridized carbons (Fsp3) is 0.625. The predicted molar refractivity (Wildman–Crippen MR) is 47.4 cm³/mol. The second kappa shape index (κ2) is 3.76. The van der Waals surface area contributed by atoms with Crippen molar-refractivity contribution in [2.45, 2.75) is 19.4 Å². The molecule has 13 heavy (non-hydrogen) atoms. The minimum atomic E-state index is -1.15. The fourth-order valence-electron chi connectivity index (χ4n) is 0.757. The van der Waals surface area contributed by atoms with Crippen molar-refractivity contribution in [1.82, 2.24) is 4.98 Å². The van der Waals surface area contributed by atoms with Gasteiger partial charge in [-0.3, -0.25) is 0 Å². The van der Waals surface area contributed by atoms with Gasteiger partial charge in [-0.1, -0.05) is 0 Å². The van der Waals surface area contributed by atoms with Crippen LogP contribution in [0.3, 0.4) is 0 Å². The van der Waals surface area contributed by atoms with Crippen molar-refractivity contribution < 1.29 is 14.6 Å². The third-order valence-electron chi connectivity index (χ3n) is 1.58. The highest BCUT2D eigenvalue weighted by molar-refractivity contribution is 5.21. The van der Waals surface area contributed by atoms with E-state index in [0.29, 0.717) is 6.01 Å². The Kier molecular flexibility index (Phi) is 2.90. The van der Waals surface area contributed by atoms with E-state index in [2.05, 4.69) is 10.3 Å². The summed E-state index contributed by atoms with van der Waals surface area (Å²) >= 11 is 0. The highest BCUT2D eigenvalue weighted by Crippen LogP contribution is 2.08. The third-order valence-corrected chi connectivity index (χ3v) is 1.58. The Balaban J connectivity index is 2.43. The van der Waals surface area contributed by atoms with Crippen LogP contribution in [0.5, 0.6) is 0 Å². The molecule has 1 unspecified atom stereocenters. The molecule has 1 aromatic rings. The van der Waals surface area contributed by atoms with Gasteiger partial charge >= 0.3 is 0 Å². The number of aryl methyl sites for hydroxylation is 1. The fourth-order valence-corrected chi connectivity index (χ4v) is 0.757. The van der Waals surface area contributed by atoms with Crippen LogP contribution in [0.25, 0.3) is 0 Å². The summed E-state index contributed by atoms with van der Waals surface area (Å²) in [5.41, 5.74) is -0.381. The maximum Gasteiger partial charge on any atom is 0.294 e. The van der Waals surface area contributed by atoms with Crippen molar-refractivity contribution in [3.63, 3.8) is 0 Å². The molecule has 0 amide bonds. The van der Waals surface area contributed by atoms with Gasteiger partial charge in [-0.05, 0) is 13.8 Å². The molecular formula is C8H14N2O3. The summed E-state index contributed by atoms with van der Waals surface area (Å²) in [6.07, 6.45) is 1.51. The molecule has 0 saturated carbocycles. The lowest BCUT2D eigenvalue weighted by Gasteiger charge is -2.19. The molecule has 3 N–H and O–H groups in total. The summed E-state index contributed by atoms with van der Waals surface area (Å²) < 4.78 is 4.99. The third kappa shape index (κ3) is 3.04. The van der Waals surface area contributed by atoms with Gasteiger partial charge in [-0.2, -0.15) is 4.98 Å². The zero-order valence-corrected chi connectivity index (χ0v) is 7.74. The van der Waals surface area contributed by atoms with Crippen LogP contribution < -0.4 is 5.32 Å². The Morgan fingerprint density at radius 2 is 2.38 bits per heavy atom. The molecule has 5 nitrogen and oxygen atoms in total. The molecule has 0 bridgehead atoms. The van der Waals surface area contributed by atoms with Crippen LogP contribution in [0.4, 0.5) is 6.01 Å². The molecule has 0 aromatic carbocycles. The summed E-state index contributed by atoms with van der Waals surface area (Å²) in [4.78, 5) is 3.98. The standard InChI is InChI=1S/C8H14N2O3/c1-6-3-13-7(10-6)9-4-8(2,12)5-11/h3,11-12H,4-5H2,1-2H3,(H,9,10). The molecule has 1 heterocycles. The van der Waals surface area contributed by atoms with Crippen molar-refractivity contribution in [2.24, 2.45) is 0 Å². The van der Waals surface area contributed by atoms with Crippen LogP contribution in [0.2, 0.25) is 0 Å². The summed E-state index contributed by atoms with van der Waals surface area (Å²) in [5.74, 6) is 0. The largest absolute Gasteiger partial charge is 0.432 e. The van der Waals surface area contributed by atoms with Crippen LogP contribution in [-0.2, 0) is 0 Å². The maximum absolute atomic E-state index is 9.41. The Morgan fingerprint density at radius 1 is 1.69 bits per heavy atom. The van der Waals surface area contributed by atoms with E-state index >= 15 is 0 Å². The molecule has 0 radical (unpaired) electrons. The molecular weight excluding hydrogens is 172 g/mol. The molecule has 0 aliphatic carbocycles. The molecule has 0 fully saturated rings. The zero-order valence-electron chi connectivity index (χ0n) is 7.74. The first kappa shape index (κ1) is 10.0. The second-order valence-electron chi connectivity index (χ2n) is 3.30. The van der Waals surface area contributed by atoms with Gasteiger partial charge in [0, 0.05) is 6.54 Å². The quantitative estimate of drug-likeness (QED) is 0.623. The first-order chi connectivity index (χ1) is 6.03. The average molecular weight is 186 g/mol. The lowest BCUT2D eigenvalue weighted by Crippen LogP contribution is -2.37. The van der Waals surface area contributed by atoms with E-state index in [1.807, 2.05) is 0 Å². The van der Waals surface area contributed by atoms with Gasteiger partial charge in [0.15, 0.2) is 0 Å². The van der Waals surface area contributed by atoms with Crippen LogP contribution >= 0.6 is 0 Å². The summed E-state index contributed by atoms with van der Waals surface area (Å²) in [6, 6.07) is 0.353. The number of nitrogens with zero attached hydrogens (tertiary/aromatic N) is 1. The number of aliphatic hydroxyl groups is 2.